The predicted octanol–water partition coefficient (Wildman–Crippen LogP) is -1.88. The lowest BCUT2D eigenvalue weighted by molar-refractivity contribution is -0.0877. The van der Waals surface area contributed by atoms with Crippen LogP contribution in [0.5, 0.6) is 0 Å². The van der Waals surface area contributed by atoms with E-state index in [1.807, 2.05) is 0 Å². The first-order chi connectivity index (χ1) is 7.11. The molecule has 0 aromatic carbocycles. The summed E-state index contributed by atoms with van der Waals surface area (Å²) >= 11 is 1.27. The van der Waals surface area contributed by atoms with E-state index in [9.17, 15) is 15.1 Å². The Labute approximate surface area is 90.6 Å². The maximum atomic E-state index is 10.3. The van der Waals surface area contributed by atoms with Crippen molar-refractivity contribution in [2.45, 2.75) is 23.7 Å². The van der Waals surface area contributed by atoms with Crippen molar-refractivity contribution < 1.29 is 20.4 Å². The highest BCUT2D eigenvalue weighted by molar-refractivity contribution is 8.00. The van der Waals surface area contributed by atoms with Gasteiger partial charge in [-0.2, -0.15) is 0 Å². The van der Waals surface area contributed by atoms with E-state index in [-0.39, 0.29) is 0 Å². The monoisotopic (exact) mass is 238 g/mol. The van der Waals surface area contributed by atoms with Crippen LogP contribution in [0.15, 0.2) is 5.29 Å². The summed E-state index contributed by atoms with van der Waals surface area (Å²) in [5.74, 6) is 0.620. The van der Waals surface area contributed by atoms with Crippen molar-refractivity contribution in [2.24, 2.45) is 5.29 Å². The Hall–Kier alpha value is -0.410. The third kappa shape index (κ3) is 2.79. The number of aliphatic hydroxyl groups is 4. The molecule has 4 unspecified atom stereocenters. The topological polar surface area (TPSA) is 114 Å². The van der Waals surface area contributed by atoms with Crippen LogP contribution in [0.25, 0.3) is 0 Å². The molecule has 4 N–H and O–H groups in total. The summed E-state index contributed by atoms with van der Waals surface area (Å²) in [4.78, 5) is 10.3. The number of nitrogens with zero attached hydrogens (tertiary/aromatic N) is 2. The fourth-order valence-corrected chi connectivity index (χ4v) is 2.55. The van der Waals surface area contributed by atoms with Gasteiger partial charge in [-0.1, -0.05) is 0 Å². The summed E-state index contributed by atoms with van der Waals surface area (Å²) in [7, 11) is 0. The molecule has 15 heavy (non-hydrogen) atoms. The second kappa shape index (κ2) is 5.61. The summed E-state index contributed by atoms with van der Waals surface area (Å²) < 4.78 is 0. The molecule has 1 aliphatic rings. The zero-order valence-electron chi connectivity index (χ0n) is 7.93. The molecule has 88 valence electrons. The Bertz CT molecular complexity index is 220. The minimum absolute atomic E-state index is 0.401. The molecule has 0 saturated carbocycles. The van der Waals surface area contributed by atoms with Gasteiger partial charge in [-0.3, -0.25) is 0 Å². The van der Waals surface area contributed by atoms with Gasteiger partial charge in [-0.05, 0) is 0 Å². The van der Waals surface area contributed by atoms with Gasteiger partial charge in [0.15, 0.2) is 0 Å². The summed E-state index contributed by atoms with van der Waals surface area (Å²) in [5.41, 5.74) is 0. The van der Waals surface area contributed by atoms with E-state index in [2.05, 4.69) is 5.29 Å². The van der Waals surface area contributed by atoms with Crippen LogP contribution in [-0.4, -0.2) is 68.0 Å². The lowest BCUT2D eigenvalue weighted by atomic mass is 10.1. The van der Waals surface area contributed by atoms with Crippen molar-refractivity contribution in [1.82, 2.24) is 5.01 Å². The van der Waals surface area contributed by atoms with Gasteiger partial charge >= 0.3 is 0 Å². The molecule has 0 aliphatic carbocycles. The number of thioether (sulfide) groups is 1. The maximum absolute atomic E-state index is 10.3. The van der Waals surface area contributed by atoms with Crippen LogP contribution in [0.2, 0.25) is 0 Å². The Morgan fingerprint density at radius 2 is 2.13 bits per heavy atom. The molecule has 7 nitrogen and oxygen atoms in total. The van der Waals surface area contributed by atoms with Gasteiger partial charge in [-0.15, -0.1) is 16.7 Å². The second-order valence-corrected chi connectivity index (χ2v) is 4.46. The molecule has 1 saturated heterocycles. The van der Waals surface area contributed by atoms with Crippen molar-refractivity contribution in [3.8, 4) is 0 Å². The number of aliphatic hydroxyl groups excluding tert-OH is 4. The largest absolute Gasteiger partial charge is 0.394 e. The van der Waals surface area contributed by atoms with E-state index in [0.717, 1.165) is 5.01 Å². The van der Waals surface area contributed by atoms with Gasteiger partial charge in [0.05, 0.1) is 11.9 Å². The minimum Gasteiger partial charge on any atom is -0.394 e. The van der Waals surface area contributed by atoms with Crippen LogP contribution in [0.3, 0.4) is 0 Å². The molecular weight excluding hydrogens is 224 g/mol. The van der Waals surface area contributed by atoms with E-state index in [1.54, 1.807) is 0 Å². The van der Waals surface area contributed by atoms with Gasteiger partial charge < -0.3 is 20.4 Å². The molecule has 1 fully saturated rings. The van der Waals surface area contributed by atoms with Gasteiger partial charge in [0, 0.05) is 12.3 Å². The lowest BCUT2D eigenvalue weighted by Crippen LogP contribution is -2.48. The zero-order chi connectivity index (χ0) is 11.4. The second-order valence-electron chi connectivity index (χ2n) is 3.24. The van der Waals surface area contributed by atoms with Crippen LogP contribution in [0.4, 0.5) is 0 Å². The standard InChI is InChI=1S/C7H14N2O5S/c10-3-4(11)5(12)6(13)7-9(8-14)1-2-15-7/h4-7,10-13H,1-3H2. The molecule has 0 aromatic heterocycles. The molecule has 4 atom stereocenters. The fraction of sp³-hybridized carbons (Fsp3) is 1.00. The number of hydrogen-bond acceptors (Lipinski definition) is 7. The summed E-state index contributed by atoms with van der Waals surface area (Å²) in [6, 6.07) is 0. The van der Waals surface area contributed by atoms with Gasteiger partial charge in [0.1, 0.15) is 23.7 Å². The molecule has 0 amide bonds. The van der Waals surface area contributed by atoms with Crippen molar-refractivity contribution in [1.29, 1.82) is 0 Å². The minimum atomic E-state index is -1.49. The van der Waals surface area contributed by atoms with E-state index in [0.29, 0.717) is 12.3 Å². The molecule has 1 aliphatic heterocycles. The molecule has 1 rings (SSSR count). The first-order valence-electron chi connectivity index (χ1n) is 4.48. The first-order valence-corrected chi connectivity index (χ1v) is 5.53. The molecule has 0 aromatic rings. The lowest BCUT2D eigenvalue weighted by Gasteiger charge is -2.28. The molecule has 0 spiro atoms. The van der Waals surface area contributed by atoms with Crippen LogP contribution in [0, 0.1) is 4.91 Å². The Kier molecular flexibility index (Phi) is 4.74. The smallest absolute Gasteiger partial charge is 0.124 e. The first kappa shape index (κ1) is 12.7. The van der Waals surface area contributed by atoms with E-state index in [1.165, 1.54) is 11.8 Å². The maximum Gasteiger partial charge on any atom is 0.124 e. The summed E-state index contributed by atoms with van der Waals surface area (Å²) in [6.07, 6.45) is -4.23. The van der Waals surface area contributed by atoms with Crippen molar-refractivity contribution in [3.63, 3.8) is 0 Å². The van der Waals surface area contributed by atoms with Gasteiger partial charge in [0.2, 0.25) is 0 Å². The van der Waals surface area contributed by atoms with Crippen LogP contribution in [-0.2, 0) is 0 Å². The number of hydrogen-bond donors (Lipinski definition) is 4. The normalized spacial score (nSPS) is 27.5. The third-order valence-electron chi connectivity index (χ3n) is 2.23. The molecule has 1 heterocycles. The highest BCUT2D eigenvalue weighted by Gasteiger charge is 2.38. The third-order valence-corrected chi connectivity index (χ3v) is 3.51. The SMILES string of the molecule is O=NN1CCSC1C(O)C(O)C(O)CO. The van der Waals surface area contributed by atoms with Crippen LogP contribution >= 0.6 is 11.8 Å². The van der Waals surface area contributed by atoms with E-state index < -0.39 is 30.3 Å². The molecule has 8 heteroatoms. The number of rotatable bonds is 5. The van der Waals surface area contributed by atoms with Crippen molar-refractivity contribution >= 4 is 11.8 Å². The Morgan fingerprint density at radius 1 is 1.47 bits per heavy atom. The molecular formula is C7H14N2O5S. The van der Waals surface area contributed by atoms with Crippen molar-refractivity contribution in [2.75, 3.05) is 18.9 Å². The average Bonchev–Trinajstić information content (AvgIpc) is 2.73. The summed E-state index contributed by atoms with van der Waals surface area (Å²) in [6.45, 7) is -0.248. The molecule has 0 bridgehead atoms. The van der Waals surface area contributed by atoms with E-state index >= 15 is 0 Å². The molecule has 0 radical (unpaired) electrons. The average molecular weight is 238 g/mol. The van der Waals surface area contributed by atoms with Crippen LogP contribution in [0.1, 0.15) is 0 Å². The zero-order valence-corrected chi connectivity index (χ0v) is 8.75. The number of nitroso groups, excluding NO2 is 1. The van der Waals surface area contributed by atoms with Crippen molar-refractivity contribution in [3.05, 3.63) is 4.91 Å². The quantitative estimate of drug-likeness (QED) is 0.414. The van der Waals surface area contributed by atoms with E-state index in [4.69, 9.17) is 10.2 Å². The fourth-order valence-electron chi connectivity index (χ4n) is 1.35. The highest BCUT2D eigenvalue weighted by Crippen LogP contribution is 2.28. The predicted molar refractivity (Wildman–Crippen MR) is 53.9 cm³/mol. The summed E-state index contributed by atoms with van der Waals surface area (Å²) in [5, 5.41) is 39.9. The highest BCUT2D eigenvalue weighted by atomic mass is 32.2. The van der Waals surface area contributed by atoms with Gasteiger partial charge in [-0.25, -0.2) is 5.01 Å². The van der Waals surface area contributed by atoms with Gasteiger partial charge in [0.25, 0.3) is 0 Å². The Balaban J connectivity index is 2.58. The Morgan fingerprint density at radius 3 is 2.67 bits per heavy atom. The van der Waals surface area contributed by atoms with Crippen LogP contribution < -0.4 is 0 Å².